The van der Waals surface area contributed by atoms with Crippen molar-refractivity contribution in [2.24, 2.45) is 0 Å². The number of hydrogen-bond acceptors (Lipinski definition) is 0. The van der Waals surface area contributed by atoms with E-state index in [1.54, 1.807) is 7.17 Å². The van der Waals surface area contributed by atoms with Crippen LogP contribution in [0.2, 0.25) is 8.87 Å². The Balaban J connectivity index is 2.20. The van der Waals surface area contributed by atoms with E-state index in [1.807, 2.05) is 0 Å². The Morgan fingerprint density at radius 2 is 1.40 bits per heavy atom. The van der Waals surface area contributed by atoms with E-state index in [9.17, 15) is 0 Å². The maximum atomic E-state index is 2.47. The van der Waals surface area contributed by atoms with E-state index in [0.29, 0.717) is 0 Å². The van der Waals surface area contributed by atoms with Crippen LogP contribution in [0.15, 0.2) is 66.7 Å². The van der Waals surface area contributed by atoms with Crippen molar-refractivity contribution in [1.29, 1.82) is 0 Å². The van der Waals surface area contributed by atoms with E-state index in [4.69, 9.17) is 0 Å². The van der Waals surface area contributed by atoms with Crippen LogP contribution in [0.4, 0.5) is 0 Å². The Labute approximate surface area is 157 Å². The fourth-order valence-electron chi connectivity index (χ4n) is 4.24. The molecule has 3 rings (SSSR count). The molecular formula is C24H30Sn. The predicted molar refractivity (Wildman–Crippen MR) is 115 cm³/mol. The van der Waals surface area contributed by atoms with Gasteiger partial charge in [-0.25, -0.2) is 0 Å². The monoisotopic (exact) mass is 438 g/mol. The van der Waals surface area contributed by atoms with Crippen LogP contribution in [0.25, 0.3) is 9.67 Å². The summed E-state index contributed by atoms with van der Waals surface area (Å²) in [7, 11) is 0. The van der Waals surface area contributed by atoms with E-state index in [0.717, 1.165) is 0 Å². The molecule has 1 aliphatic rings. The molecule has 0 N–H and O–H groups in total. The van der Waals surface area contributed by atoms with E-state index >= 15 is 0 Å². The van der Waals surface area contributed by atoms with Crippen molar-refractivity contribution in [3.8, 4) is 0 Å². The second kappa shape index (κ2) is 8.89. The second-order valence-electron chi connectivity index (χ2n) is 7.18. The number of fused-ring (bicyclic) bond motifs is 1. The summed E-state index contributed by atoms with van der Waals surface area (Å²) < 4.78 is 6.30. The molecule has 0 radical (unpaired) electrons. The molecule has 2 aromatic rings. The Morgan fingerprint density at radius 3 is 2.08 bits per heavy atom. The normalized spacial score (nSPS) is 15.4. The number of benzene rings is 2. The first-order chi connectivity index (χ1) is 12.3. The third-order valence-electron chi connectivity index (χ3n) is 5.53. The van der Waals surface area contributed by atoms with Gasteiger partial charge in [-0.1, -0.05) is 0 Å². The Bertz CT molecular complexity index is 732. The molecule has 1 heteroatoms. The molecule has 0 saturated carbocycles. The summed E-state index contributed by atoms with van der Waals surface area (Å²) in [4.78, 5) is 0. The Morgan fingerprint density at radius 1 is 0.760 bits per heavy atom. The zero-order valence-electron chi connectivity index (χ0n) is 15.7. The van der Waals surface area contributed by atoms with Crippen LogP contribution < -0.4 is 3.58 Å². The quantitative estimate of drug-likeness (QED) is 0.429. The zero-order chi connectivity index (χ0) is 17.5. The molecule has 0 saturated heterocycles. The average molecular weight is 437 g/mol. The molecule has 1 aliphatic heterocycles. The minimum atomic E-state index is -2.73. The van der Waals surface area contributed by atoms with Crippen LogP contribution >= 0.6 is 0 Å². The summed E-state index contributed by atoms with van der Waals surface area (Å²) in [5, 5.41) is 0. The van der Waals surface area contributed by atoms with Crippen LogP contribution in [0.1, 0.15) is 50.7 Å². The van der Waals surface area contributed by atoms with Gasteiger partial charge in [-0.05, 0) is 0 Å². The van der Waals surface area contributed by atoms with E-state index in [2.05, 4.69) is 86.7 Å². The predicted octanol–water partition coefficient (Wildman–Crippen LogP) is 6.59. The molecule has 1 heterocycles. The molecule has 130 valence electrons. The summed E-state index contributed by atoms with van der Waals surface area (Å²) in [6.07, 6.45) is 12.4. The van der Waals surface area contributed by atoms with Crippen LogP contribution in [0.3, 0.4) is 0 Å². The molecule has 0 bridgehead atoms. The average Bonchev–Trinajstić information content (AvgIpc) is 2.83. The third-order valence-corrected chi connectivity index (χ3v) is 20.9. The Hall–Kier alpha value is -1.28. The van der Waals surface area contributed by atoms with Gasteiger partial charge in [0.2, 0.25) is 0 Å². The first kappa shape index (κ1) is 18.5. The van der Waals surface area contributed by atoms with E-state index in [1.165, 1.54) is 45.7 Å². The van der Waals surface area contributed by atoms with Crippen molar-refractivity contribution in [1.82, 2.24) is 0 Å². The number of unbranched alkanes of at least 4 members (excludes halogenated alkanes) is 2. The summed E-state index contributed by atoms with van der Waals surface area (Å²) in [5.41, 5.74) is 2.94. The van der Waals surface area contributed by atoms with Crippen LogP contribution in [0.5, 0.6) is 0 Å². The fourth-order valence-corrected chi connectivity index (χ4v) is 20.8. The van der Waals surface area contributed by atoms with Crippen LogP contribution in [-0.4, -0.2) is 18.4 Å². The standard InChI is InChI=1S/C16H12.2C4H9.Sn/c1-3-9-15(10-4-1)13-7-8-14-16-11-5-2-6-12-16;2*1-3-4-2;/h1-11,14H;2*1,3-4H2,2H3;. The van der Waals surface area contributed by atoms with Gasteiger partial charge in [0, 0.05) is 0 Å². The van der Waals surface area contributed by atoms with E-state index in [-0.39, 0.29) is 0 Å². The van der Waals surface area contributed by atoms with Gasteiger partial charge in [0.05, 0.1) is 0 Å². The van der Waals surface area contributed by atoms with E-state index < -0.39 is 18.4 Å². The van der Waals surface area contributed by atoms with Gasteiger partial charge in [0.15, 0.2) is 0 Å². The first-order valence-electron chi connectivity index (χ1n) is 9.85. The second-order valence-corrected chi connectivity index (χ2v) is 19.3. The van der Waals surface area contributed by atoms with Gasteiger partial charge >= 0.3 is 158 Å². The fraction of sp³-hybridized carbons (Fsp3) is 0.333. The molecule has 0 atom stereocenters. The SMILES string of the molecule is CCC[CH2][Sn]1([CH2]CCC)[C](c2ccccc2)=CC=Cc2cccc[c]21. The molecule has 0 amide bonds. The number of allylic oxidation sites excluding steroid dienone is 2. The van der Waals surface area contributed by atoms with Crippen molar-refractivity contribution >= 4 is 31.6 Å². The molecule has 2 aromatic carbocycles. The summed E-state index contributed by atoms with van der Waals surface area (Å²) in [5.74, 6) is 0. The number of hydrogen-bond donors (Lipinski definition) is 0. The van der Waals surface area contributed by atoms with Gasteiger partial charge in [-0.3, -0.25) is 0 Å². The maximum absolute atomic E-state index is 2.73. The van der Waals surface area contributed by atoms with Crippen molar-refractivity contribution in [3.63, 3.8) is 0 Å². The molecule has 0 unspecified atom stereocenters. The molecule has 0 fully saturated rings. The van der Waals surface area contributed by atoms with Crippen molar-refractivity contribution in [3.05, 3.63) is 77.9 Å². The third kappa shape index (κ3) is 3.95. The summed E-state index contributed by atoms with van der Waals surface area (Å²) in [6.45, 7) is 4.68. The minimum absolute atomic E-state index is 1.29. The van der Waals surface area contributed by atoms with Gasteiger partial charge in [-0.2, -0.15) is 0 Å². The van der Waals surface area contributed by atoms with Gasteiger partial charge < -0.3 is 0 Å². The molecular weight excluding hydrogens is 407 g/mol. The molecule has 0 aromatic heterocycles. The van der Waals surface area contributed by atoms with Crippen LogP contribution in [-0.2, 0) is 0 Å². The summed E-state index contributed by atoms with van der Waals surface area (Å²) in [6, 6.07) is 20.5. The van der Waals surface area contributed by atoms with Crippen molar-refractivity contribution in [2.75, 3.05) is 0 Å². The number of rotatable bonds is 7. The van der Waals surface area contributed by atoms with Gasteiger partial charge in [0.25, 0.3) is 0 Å². The molecule has 25 heavy (non-hydrogen) atoms. The Kier molecular flexibility index (Phi) is 6.58. The van der Waals surface area contributed by atoms with Crippen molar-refractivity contribution in [2.45, 2.75) is 48.4 Å². The van der Waals surface area contributed by atoms with Crippen molar-refractivity contribution < 1.29 is 0 Å². The molecule has 0 aliphatic carbocycles. The van der Waals surface area contributed by atoms with Crippen LogP contribution in [0, 0.1) is 0 Å². The van der Waals surface area contributed by atoms with Gasteiger partial charge in [-0.15, -0.1) is 0 Å². The zero-order valence-corrected chi connectivity index (χ0v) is 18.5. The molecule has 0 nitrogen and oxygen atoms in total. The first-order valence-corrected chi connectivity index (χ1v) is 16.7. The molecule has 0 spiro atoms. The summed E-state index contributed by atoms with van der Waals surface area (Å²) >= 11 is -2.73. The van der Waals surface area contributed by atoms with Gasteiger partial charge in [0.1, 0.15) is 0 Å². The topological polar surface area (TPSA) is 0 Å².